The second-order valence-corrected chi connectivity index (χ2v) is 16.7. The van der Waals surface area contributed by atoms with E-state index in [0.29, 0.717) is 18.5 Å². The molecule has 4 aliphatic carbocycles. The molecule has 10 atom stereocenters. The fourth-order valence-corrected chi connectivity index (χ4v) is 10.5. The van der Waals surface area contributed by atoms with Gasteiger partial charge in [-0.05, 0) is 111 Å². The molecule has 0 heterocycles. The highest BCUT2D eigenvalue weighted by molar-refractivity contribution is 5.86. The number of rotatable bonds is 17. The number of amides is 1. The number of ether oxygens (including phenoxy) is 1. The molecule has 11 heteroatoms. The van der Waals surface area contributed by atoms with Crippen molar-refractivity contribution in [3.63, 3.8) is 0 Å². The predicted octanol–water partition coefficient (Wildman–Crippen LogP) is 7.11. The number of hydrogen-bond donors (Lipinski definition) is 5. The lowest BCUT2D eigenvalue weighted by atomic mass is 9.47. The largest absolute Gasteiger partial charge is 0.446 e. The highest BCUT2D eigenvalue weighted by atomic mass is 35.5. The van der Waals surface area contributed by atoms with Crippen molar-refractivity contribution in [2.45, 2.75) is 136 Å². The minimum Gasteiger partial charge on any atom is -0.446 e. The van der Waals surface area contributed by atoms with E-state index in [-0.39, 0.29) is 74.5 Å². The van der Waals surface area contributed by atoms with E-state index in [1.54, 1.807) is 4.90 Å². The minimum absolute atomic E-state index is 0. The van der Waals surface area contributed by atoms with Crippen molar-refractivity contribution >= 4 is 43.3 Å². The summed E-state index contributed by atoms with van der Waals surface area (Å²) in [5, 5.41) is 23.1. The summed E-state index contributed by atoms with van der Waals surface area (Å²) >= 11 is 0. The highest BCUT2D eigenvalue weighted by Crippen LogP contribution is 2.67. The van der Waals surface area contributed by atoms with Crippen molar-refractivity contribution in [1.29, 1.82) is 0 Å². The zero-order chi connectivity index (χ0) is 33.5. The molecule has 0 aromatic heterocycles. The number of carbonyl (C=O) groups is 1. The molecule has 0 aromatic carbocycles. The molecule has 290 valence electrons. The molecule has 2 unspecified atom stereocenters. The van der Waals surface area contributed by atoms with E-state index in [1.807, 2.05) is 0 Å². The summed E-state index contributed by atoms with van der Waals surface area (Å²) in [5.41, 5.74) is 13.4. The fraction of sp³-hybridized carbons (Fsp3) is 0.921. The van der Waals surface area contributed by atoms with Gasteiger partial charge in [-0.2, -0.15) is 0 Å². The molecule has 8 nitrogen and oxygen atoms in total. The molecule has 3 saturated carbocycles. The first-order valence-electron chi connectivity index (χ1n) is 19.0. The number of carbonyl (C=O) groups excluding carboxylic acids is 1. The van der Waals surface area contributed by atoms with Crippen molar-refractivity contribution in [2.75, 3.05) is 39.3 Å². The molecule has 4 aliphatic rings. The molecule has 0 bridgehead atoms. The molecule has 49 heavy (non-hydrogen) atoms. The van der Waals surface area contributed by atoms with Gasteiger partial charge in [0.25, 0.3) is 0 Å². The lowest BCUT2D eigenvalue weighted by Crippen LogP contribution is -2.51. The average Bonchev–Trinajstić information content (AvgIpc) is 3.39. The monoisotopic (exact) mass is 754 g/mol. The van der Waals surface area contributed by atoms with Crippen LogP contribution in [0.4, 0.5) is 4.79 Å². The summed E-state index contributed by atoms with van der Waals surface area (Å²) in [6.45, 7) is 14.7. The molecular formula is C38H73Cl3N4O4. The van der Waals surface area contributed by atoms with Gasteiger partial charge in [0.05, 0.1) is 18.8 Å². The number of fused-ring (bicyclic) bond motifs is 5. The Bertz CT molecular complexity index is 1010. The maximum absolute atomic E-state index is 13.4. The topological polar surface area (TPSA) is 134 Å². The number of nitrogens with zero attached hydrogens (tertiary/aromatic N) is 1. The number of nitrogens with two attached hydrogens (primary N) is 2. The minimum atomic E-state index is -0.770. The Morgan fingerprint density at radius 3 is 2.35 bits per heavy atom. The molecule has 0 spiro atoms. The smallest absolute Gasteiger partial charge is 0.410 e. The van der Waals surface area contributed by atoms with Gasteiger partial charge in [0.2, 0.25) is 0 Å². The van der Waals surface area contributed by atoms with Crippen molar-refractivity contribution < 1.29 is 19.7 Å². The highest BCUT2D eigenvalue weighted by Gasteiger charge is 2.59. The van der Waals surface area contributed by atoms with Crippen molar-refractivity contribution in [3.05, 3.63) is 11.6 Å². The van der Waals surface area contributed by atoms with Crippen LogP contribution in [0.2, 0.25) is 0 Å². The van der Waals surface area contributed by atoms with Gasteiger partial charge in [0.15, 0.2) is 0 Å². The summed E-state index contributed by atoms with van der Waals surface area (Å²) in [6, 6.07) is 0. The first-order valence-corrected chi connectivity index (χ1v) is 19.0. The van der Waals surface area contributed by atoms with E-state index in [1.165, 1.54) is 56.9 Å². The quantitative estimate of drug-likeness (QED) is 0.0790. The second-order valence-electron chi connectivity index (χ2n) is 16.7. The lowest BCUT2D eigenvalue weighted by molar-refractivity contribution is -0.0596. The van der Waals surface area contributed by atoms with Crippen LogP contribution in [-0.4, -0.2) is 78.8 Å². The summed E-state index contributed by atoms with van der Waals surface area (Å²) in [4.78, 5) is 15.0. The molecule has 0 aliphatic heterocycles. The van der Waals surface area contributed by atoms with Crippen LogP contribution in [-0.2, 0) is 4.74 Å². The Morgan fingerprint density at radius 2 is 1.67 bits per heavy atom. The normalized spacial score (nSPS) is 32.1. The summed E-state index contributed by atoms with van der Waals surface area (Å²) in [6.07, 6.45) is 16.1. The molecule has 7 N–H and O–H groups in total. The van der Waals surface area contributed by atoms with Crippen LogP contribution in [0, 0.1) is 46.3 Å². The summed E-state index contributed by atoms with van der Waals surface area (Å²) < 4.78 is 6.16. The van der Waals surface area contributed by atoms with Gasteiger partial charge in [-0.25, -0.2) is 4.79 Å². The lowest BCUT2D eigenvalue weighted by Gasteiger charge is -2.58. The Kier molecular flexibility index (Phi) is 20.4. The maximum Gasteiger partial charge on any atom is 0.410 e. The zero-order valence-corrected chi connectivity index (χ0v) is 33.7. The number of hydrogen-bond acceptors (Lipinski definition) is 7. The number of aliphatic hydroxyl groups is 2. The van der Waals surface area contributed by atoms with E-state index in [9.17, 15) is 15.0 Å². The third-order valence-electron chi connectivity index (χ3n) is 13.2. The van der Waals surface area contributed by atoms with Crippen LogP contribution in [0.1, 0.15) is 118 Å². The number of halogens is 3. The van der Waals surface area contributed by atoms with Crippen LogP contribution < -0.4 is 16.8 Å². The van der Waals surface area contributed by atoms with Crippen molar-refractivity contribution in [2.24, 2.45) is 57.8 Å². The average molecular weight is 756 g/mol. The number of nitrogens with one attached hydrogen (secondary N) is 1. The van der Waals surface area contributed by atoms with Crippen LogP contribution in [0.25, 0.3) is 0 Å². The molecule has 0 aromatic rings. The fourth-order valence-electron chi connectivity index (χ4n) is 10.5. The van der Waals surface area contributed by atoms with Gasteiger partial charge < -0.3 is 36.6 Å². The predicted molar refractivity (Wildman–Crippen MR) is 209 cm³/mol. The molecule has 4 rings (SSSR count). The third kappa shape index (κ3) is 11.6. The SMILES string of the molecule is CC(C)CCC[C@@H](C)[C@H]1CC[C@H]2[C@@H]3CC=C4C[C@@H](OC(=O)N(CCCCNCC(O)CN)CC(O)CN)CC[C@]4(C)[C@H]3CC[C@]12C.Cl.Cl.Cl. The maximum atomic E-state index is 13.4. The van der Waals surface area contributed by atoms with Crippen molar-refractivity contribution in [3.8, 4) is 0 Å². The first-order chi connectivity index (χ1) is 21.9. The number of aliphatic hydroxyl groups excluding tert-OH is 2. The van der Waals surface area contributed by atoms with Gasteiger partial charge in [0, 0.05) is 32.6 Å². The second kappa shape index (κ2) is 21.4. The third-order valence-corrected chi connectivity index (χ3v) is 13.2. The van der Waals surface area contributed by atoms with Gasteiger partial charge in [0.1, 0.15) is 6.10 Å². The number of allylic oxidation sites excluding steroid dienone is 1. The first kappa shape index (κ1) is 46.7. The van der Waals surface area contributed by atoms with Crippen LogP contribution in [0.15, 0.2) is 11.6 Å². The van der Waals surface area contributed by atoms with Gasteiger partial charge in [-0.15, -0.1) is 37.2 Å². The Labute approximate surface area is 317 Å². The van der Waals surface area contributed by atoms with E-state index in [0.717, 1.165) is 74.2 Å². The zero-order valence-electron chi connectivity index (χ0n) is 31.2. The summed E-state index contributed by atoms with van der Waals surface area (Å²) in [7, 11) is 0. The molecule has 1 amide bonds. The molecule has 0 radical (unpaired) electrons. The van der Waals surface area contributed by atoms with Crippen LogP contribution in [0.5, 0.6) is 0 Å². The Balaban J connectivity index is 0.00000400. The van der Waals surface area contributed by atoms with Crippen LogP contribution >= 0.6 is 37.2 Å². The molecule has 0 saturated heterocycles. The molecular weight excluding hydrogens is 683 g/mol. The van der Waals surface area contributed by atoms with Gasteiger partial charge >= 0.3 is 6.09 Å². The van der Waals surface area contributed by atoms with E-state index >= 15 is 0 Å². The standard InChI is InChI=1S/C38H70N4O4.3ClH/c1-26(2)9-8-10-27(3)33-13-14-34-32-12-11-28-21-31(15-17-37(28,4)35(32)16-18-38(33,34)5)46-36(45)42(25-30(44)23-40)20-7-6-19-41-24-29(43)22-39;;;/h11,26-27,29-35,41,43-44H,6-10,12-25,39-40H2,1-5H3;3*1H/t27-,29?,30?,31+,32+,33-,34+,35+,37+,38-;;;/m1.../s1. The van der Waals surface area contributed by atoms with Gasteiger partial charge in [-0.3, -0.25) is 0 Å². The van der Waals surface area contributed by atoms with E-state index in [4.69, 9.17) is 16.2 Å². The van der Waals surface area contributed by atoms with Crippen molar-refractivity contribution in [1.82, 2.24) is 10.2 Å². The van der Waals surface area contributed by atoms with Crippen LogP contribution in [0.3, 0.4) is 0 Å². The number of unbranched alkanes of at least 4 members (excludes halogenated alkanes) is 1. The van der Waals surface area contributed by atoms with E-state index in [2.05, 4.69) is 46.0 Å². The Morgan fingerprint density at radius 1 is 0.959 bits per heavy atom. The Hall–Kier alpha value is -0.320. The molecule has 3 fully saturated rings. The summed E-state index contributed by atoms with van der Waals surface area (Å²) in [5.74, 6) is 4.89. The van der Waals surface area contributed by atoms with Gasteiger partial charge in [-0.1, -0.05) is 65.5 Å². The van der Waals surface area contributed by atoms with E-state index < -0.39 is 12.2 Å².